The third kappa shape index (κ3) is 3.88. The summed E-state index contributed by atoms with van der Waals surface area (Å²) in [5.41, 5.74) is 1.88. The summed E-state index contributed by atoms with van der Waals surface area (Å²) in [5, 5.41) is 28.1. The Kier molecular flexibility index (Phi) is 5.62. The molecule has 2 N–H and O–H groups in total. The smallest absolute Gasteiger partial charge is 0.294 e. The largest absolute Gasteiger partial charge is 0.507 e. The number of piperidine rings is 1. The van der Waals surface area contributed by atoms with Crippen molar-refractivity contribution in [2.75, 3.05) is 20.8 Å². The summed E-state index contributed by atoms with van der Waals surface area (Å²) in [6, 6.07) is 7.62. The van der Waals surface area contributed by atoms with E-state index in [1.165, 1.54) is 11.3 Å². The standard InChI is InChI=1S/C22H27N5O4S/c1-13-6-7-27(26-13)15-4-5-17(18(28)10-15)20-24-25-21(32-20)31-16-8-14-9-19(29-2)22(11-16,30-3)12-23-14/h4-7,10,14,16,19,23,28H,8-9,11-12H2,1-3H3. The molecule has 2 aromatic heterocycles. The molecule has 2 aliphatic heterocycles. The molecule has 32 heavy (non-hydrogen) atoms. The lowest BCUT2D eigenvalue weighted by Gasteiger charge is -2.42. The Morgan fingerprint density at radius 2 is 2.09 bits per heavy atom. The van der Waals surface area contributed by atoms with Crippen LogP contribution in [0, 0.1) is 6.92 Å². The number of methoxy groups -OCH3 is 2. The average Bonchev–Trinajstić information content (AvgIpc) is 3.35. The van der Waals surface area contributed by atoms with Gasteiger partial charge in [-0.2, -0.15) is 5.10 Å². The lowest BCUT2D eigenvalue weighted by Crippen LogP contribution is -2.58. The number of aryl methyl sites for hydroxylation is 1. The number of rotatable bonds is 6. The predicted octanol–water partition coefficient (Wildman–Crippen LogP) is 2.71. The Bertz CT molecular complexity index is 1100. The molecule has 4 heterocycles. The van der Waals surface area contributed by atoms with Gasteiger partial charge in [-0.3, -0.25) is 0 Å². The average molecular weight is 458 g/mol. The van der Waals surface area contributed by atoms with Gasteiger partial charge in [-0.25, -0.2) is 4.68 Å². The van der Waals surface area contributed by atoms with Crippen molar-refractivity contribution in [3.63, 3.8) is 0 Å². The maximum atomic E-state index is 10.6. The maximum absolute atomic E-state index is 10.6. The van der Waals surface area contributed by atoms with Crippen LogP contribution in [0.15, 0.2) is 30.5 Å². The van der Waals surface area contributed by atoms with Gasteiger partial charge in [0.2, 0.25) is 0 Å². The van der Waals surface area contributed by atoms with Crippen LogP contribution in [-0.4, -0.2) is 69.7 Å². The fourth-order valence-corrected chi connectivity index (χ4v) is 5.55. The molecule has 170 valence electrons. The Morgan fingerprint density at radius 3 is 2.81 bits per heavy atom. The molecule has 0 amide bonds. The second kappa shape index (κ2) is 8.43. The third-order valence-electron chi connectivity index (χ3n) is 6.46. The van der Waals surface area contributed by atoms with Gasteiger partial charge in [-0.05, 0) is 38.0 Å². The van der Waals surface area contributed by atoms with Gasteiger partial charge in [0.15, 0.2) is 5.01 Å². The van der Waals surface area contributed by atoms with Gasteiger partial charge in [-0.1, -0.05) is 16.4 Å². The fourth-order valence-electron chi connectivity index (χ4n) is 4.76. The van der Waals surface area contributed by atoms with Gasteiger partial charge >= 0.3 is 0 Å². The lowest BCUT2D eigenvalue weighted by molar-refractivity contribution is -0.137. The van der Waals surface area contributed by atoms with E-state index in [-0.39, 0.29) is 18.0 Å². The number of aromatic nitrogens is 4. The molecule has 1 saturated carbocycles. The van der Waals surface area contributed by atoms with E-state index in [0.29, 0.717) is 28.2 Å². The SMILES string of the molecule is COC1CC2CC(Oc3nnc(-c4ccc(-n5ccc(C)n5)cc4O)s3)CC1(OC)CN2. The first kappa shape index (κ1) is 21.3. The minimum Gasteiger partial charge on any atom is -0.507 e. The predicted molar refractivity (Wildman–Crippen MR) is 119 cm³/mol. The molecular weight excluding hydrogens is 430 g/mol. The number of nitrogens with zero attached hydrogens (tertiary/aromatic N) is 4. The van der Waals surface area contributed by atoms with Crippen LogP contribution in [-0.2, 0) is 9.47 Å². The summed E-state index contributed by atoms with van der Waals surface area (Å²) in [4.78, 5) is 0. The van der Waals surface area contributed by atoms with Gasteiger partial charge in [-0.15, -0.1) is 5.10 Å². The van der Waals surface area contributed by atoms with E-state index < -0.39 is 5.60 Å². The molecule has 2 bridgehead atoms. The van der Waals surface area contributed by atoms with E-state index >= 15 is 0 Å². The lowest BCUT2D eigenvalue weighted by atomic mass is 9.87. The van der Waals surface area contributed by atoms with Crippen LogP contribution >= 0.6 is 11.3 Å². The molecule has 4 unspecified atom stereocenters. The first-order valence-corrected chi connectivity index (χ1v) is 11.5. The van der Waals surface area contributed by atoms with Crippen LogP contribution in [0.5, 0.6) is 10.9 Å². The second-order valence-corrected chi connectivity index (χ2v) is 9.40. The van der Waals surface area contributed by atoms with Crippen molar-refractivity contribution in [2.24, 2.45) is 0 Å². The number of hydrogen-bond donors (Lipinski definition) is 2. The van der Waals surface area contributed by atoms with Crippen molar-refractivity contribution < 1.29 is 19.3 Å². The van der Waals surface area contributed by atoms with Crippen molar-refractivity contribution in [2.45, 2.75) is 50.0 Å². The number of fused-ring (bicyclic) bond motifs is 4. The Morgan fingerprint density at radius 1 is 1.22 bits per heavy atom. The fraction of sp³-hybridized carbons (Fsp3) is 0.500. The molecule has 0 spiro atoms. The molecule has 4 atom stereocenters. The molecular formula is C22H27N5O4S. The molecule has 3 aromatic rings. The number of benzene rings is 1. The van der Waals surface area contributed by atoms with E-state index in [1.807, 2.05) is 31.3 Å². The minimum absolute atomic E-state index is 0.0337. The van der Waals surface area contributed by atoms with Gasteiger partial charge in [0.05, 0.1) is 23.0 Å². The molecule has 3 aliphatic rings. The Labute approximate surface area is 190 Å². The van der Waals surface area contributed by atoms with E-state index in [1.54, 1.807) is 25.0 Å². The number of phenols is 1. The molecule has 2 saturated heterocycles. The number of hydrogen-bond acceptors (Lipinski definition) is 9. The van der Waals surface area contributed by atoms with E-state index in [4.69, 9.17) is 14.2 Å². The third-order valence-corrected chi connectivity index (χ3v) is 7.31. The molecule has 1 aliphatic carbocycles. The van der Waals surface area contributed by atoms with Gasteiger partial charge in [0.25, 0.3) is 5.19 Å². The van der Waals surface area contributed by atoms with Crippen LogP contribution in [0.3, 0.4) is 0 Å². The minimum atomic E-state index is -0.418. The number of ether oxygens (including phenoxy) is 3. The number of phenolic OH excluding ortho intramolecular Hbond substituents is 1. The molecule has 6 rings (SSSR count). The highest BCUT2D eigenvalue weighted by molar-refractivity contribution is 7.16. The highest BCUT2D eigenvalue weighted by Gasteiger charge is 2.50. The van der Waals surface area contributed by atoms with Gasteiger partial charge in [0, 0.05) is 45.5 Å². The topological polar surface area (TPSA) is 104 Å². The summed E-state index contributed by atoms with van der Waals surface area (Å²) in [7, 11) is 3.47. The zero-order chi connectivity index (χ0) is 22.3. The summed E-state index contributed by atoms with van der Waals surface area (Å²) < 4.78 is 19.6. The van der Waals surface area contributed by atoms with Crippen molar-refractivity contribution in [1.82, 2.24) is 25.3 Å². The van der Waals surface area contributed by atoms with E-state index in [0.717, 1.165) is 30.8 Å². The first-order valence-electron chi connectivity index (χ1n) is 10.7. The highest BCUT2D eigenvalue weighted by atomic mass is 32.1. The number of nitrogens with one attached hydrogen (secondary N) is 1. The van der Waals surface area contributed by atoms with Crippen molar-refractivity contribution in [3.8, 4) is 27.2 Å². The highest BCUT2D eigenvalue weighted by Crippen LogP contribution is 2.39. The first-order chi connectivity index (χ1) is 15.5. The van der Waals surface area contributed by atoms with Crippen LogP contribution < -0.4 is 10.1 Å². The molecule has 3 fully saturated rings. The molecule has 10 heteroatoms. The zero-order valence-electron chi connectivity index (χ0n) is 18.3. The molecule has 1 aromatic carbocycles. The summed E-state index contributed by atoms with van der Waals surface area (Å²) in [6.07, 6.45) is 4.28. The van der Waals surface area contributed by atoms with Crippen molar-refractivity contribution >= 4 is 11.3 Å². The quantitative estimate of drug-likeness (QED) is 0.582. The zero-order valence-corrected chi connectivity index (χ0v) is 19.1. The van der Waals surface area contributed by atoms with Gasteiger partial charge in [0.1, 0.15) is 17.5 Å². The van der Waals surface area contributed by atoms with Crippen LogP contribution in [0.2, 0.25) is 0 Å². The van der Waals surface area contributed by atoms with Crippen LogP contribution in [0.1, 0.15) is 25.0 Å². The number of aromatic hydroxyl groups is 1. The monoisotopic (exact) mass is 457 g/mol. The van der Waals surface area contributed by atoms with Crippen LogP contribution in [0.4, 0.5) is 0 Å². The Hall–Kier alpha value is -2.53. The second-order valence-electron chi connectivity index (χ2n) is 8.46. The van der Waals surface area contributed by atoms with E-state index in [9.17, 15) is 5.11 Å². The van der Waals surface area contributed by atoms with Crippen molar-refractivity contribution in [3.05, 3.63) is 36.2 Å². The van der Waals surface area contributed by atoms with Gasteiger partial charge < -0.3 is 24.6 Å². The molecule has 0 radical (unpaired) electrons. The summed E-state index contributed by atoms with van der Waals surface area (Å²) in [5.74, 6) is 0.122. The summed E-state index contributed by atoms with van der Waals surface area (Å²) >= 11 is 1.32. The van der Waals surface area contributed by atoms with Crippen molar-refractivity contribution in [1.29, 1.82) is 0 Å². The molecule has 9 nitrogen and oxygen atoms in total. The normalized spacial score (nSPS) is 27.4. The summed E-state index contributed by atoms with van der Waals surface area (Å²) in [6.45, 7) is 2.66. The van der Waals surface area contributed by atoms with E-state index in [2.05, 4.69) is 20.6 Å². The Balaban J connectivity index is 1.33. The maximum Gasteiger partial charge on any atom is 0.294 e. The van der Waals surface area contributed by atoms with Crippen LogP contribution in [0.25, 0.3) is 16.3 Å².